The van der Waals surface area contributed by atoms with Crippen LogP contribution in [0.3, 0.4) is 0 Å². The molecule has 2 aromatic carbocycles. The number of aromatic nitrogens is 2. The van der Waals surface area contributed by atoms with E-state index in [1.807, 2.05) is 0 Å². The molecule has 3 rings (SSSR count). The minimum Gasteiger partial charge on any atom is -0.489 e. The van der Waals surface area contributed by atoms with Gasteiger partial charge in [-0.3, -0.25) is 10.1 Å². The standard InChI is InChI=1S/C19H18Cl2N6O3/c20-13-6-5-10(7-14(13)21)9-30-15-4-2-1-3-11(15)12(8-27(28)29)16-17(22)25-19(24)26-18(16)23/h1-7,12H,8-9H2,(H6,22,23,24,25,26). The van der Waals surface area contributed by atoms with E-state index in [-0.39, 0.29) is 29.8 Å². The second kappa shape index (κ2) is 9.02. The van der Waals surface area contributed by atoms with Gasteiger partial charge < -0.3 is 21.9 Å². The van der Waals surface area contributed by atoms with Gasteiger partial charge in [0.05, 0.1) is 21.5 Å². The SMILES string of the molecule is Nc1nc(N)c(C(C[N+](=O)[O-])c2ccccc2OCc2ccc(Cl)c(Cl)c2)c(N)n1. The Kier molecular flexibility index (Phi) is 6.43. The average Bonchev–Trinajstić information content (AvgIpc) is 2.67. The number of ether oxygens (including phenoxy) is 1. The van der Waals surface area contributed by atoms with E-state index in [9.17, 15) is 10.1 Å². The van der Waals surface area contributed by atoms with Crippen LogP contribution in [0.4, 0.5) is 17.6 Å². The number of nitrogens with two attached hydrogens (primary N) is 3. The Morgan fingerprint density at radius 2 is 1.70 bits per heavy atom. The summed E-state index contributed by atoms with van der Waals surface area (Å²) in [5, 5.41) is 12.2. The molecule has 1 atom stereocenters. The van der Waals surface area contributed by atoms with Crippen molar-refractivity contribution in [2.75, 3.05) is 23.7 Å². The van der Waals surface area contributed by atoms with E-state index in [0.29, 0.717) is 21.4 Å². The highest BCUT2D eigenvalue weighted by molar-refractivity contribution is 6.42. The van der Waals surface area contributed by atoms with Crippen LogP contribution >= 0.6 is 23.2 Å². The van der Waals surface area contributed by atoms with E-state index < -0.39 is 17.4 Å². The molecule has 1 aromatic heterocycles. The predicted molar refractivity (Wildman–Crippen MR) is 116 cm³/mol. The van der Waals surface area contributed by atoms with Crippen LogP contribution in [-0.2, 0) is 6.61 Å². The van der Waals surface area contributed by atoms with Crippen LogP contribution in [0.25, 0.3) is 0 Å². The molecule has 0 aliphatic carbocycles. The Labute approximate surface area is 181 Å². The monoisotopic (exact) mass is 448 g/mol. The van der Waals surface area contributed by atoms with Gasteiger partial charge >= 0.3 is 0 Å². The smallest absolute Gasteiger partial charge is 0.223 e. The van der Waals surface area contributed by atoms with Gasteiger partial charge in [0, 0.05) is 10.5 Å². The number of benzene rings is 2. The number of para-hydroxylation sites is 1. The Morgan fingerprint density at radius 3 is 2.33 bits per heavy atom. The lowest BCUT2D eigenvalue weighted by molar-refractivity contribution is -0.481. The summed E-state index contributed by atoms with van der Waals surface area (Å²) in [7, 11) is 0. The first kappa shape index (κ1) is 21.4. The largest absolute Gasteiger partial charge is 0.489 e. The average molecular weight is 449 g/mol. The third-order valence-corrected chi connectivity index (χ3v) is 5.11. The fourth-order valence-corrected chi connectivity index (χ4v) is 3.39. The van der Waals surface area contributed by atoms with Crippen molar-refractivity contribution in [2.45, 2.75) is 12.5 Å². The van der Waals surface area contributed by atoms with Crippen LogP contribution in [-0.4, -0.2) is 21.4 Å². The van der Waals surface area contributed by atoms with Crippen molar-refractivity contribution < 1.29 is 9.66 Å². The first-order valence-corrected chi connectivity index (χ1v) is 9.47. The van der Waals surface area contributed by atoms with Crippen LogP contribution in [0.15, 0.2) is 42.5 Å². The van der Waals surface area contributed by atoms with Crippen molar-refractivity contribution in [3.63, 3.8) is 0 Å². The summed E-state index contributed by atoms with van der Waals surface area (Å²) in [6.45, 7) is -0.322. The highest BCUT2D eigenvalue weighted by atomic mass is 35.5. The molecular formula is C19H18Cl2N6O3. The fourth-order valence-electron chi connectivity index (χ4n) is 3.07. The van der Waals surface area contributed by atoms with Crippen LogP contribution in [0, 0.1) is 10.1 Å². The van der Waals surface area contributed by atoms with E-state index in [1.54, 1.807) is 42.5 Å². The molecular weight excluding hydrogens is 431 g/mol. The topological polar surface area (TPSA) is 156 Å². The zero-order valence-electron chi connectivity index (χ0n) is 15.6. The number of hydrogen-bond acceptors (Lipinski definition) is 8. The summed E-state index contributed by atoms with van der Waals surface area (Å²) in [5.41, 5.74) is 19.1. The van der Waals surface area contributed by atoms with Crippen LogP contribution in [0.5, 0.6) is 5.75 Å². The molecule has 0 aliphatic rings. The molecule has 0 amide bonds. The summed E-state index contributed by atoms with van der Waals surface area (Å²) >= 11 is 12.0. The number of nitro groups is 1. The van der Waals surface area contributed by atoms with Crippen molar-refractivity contribution in [1.82, 2.24) is 9.97 Å². The molecule has 0 fully saturated rings. The normalized spacial score (nSPS) is 11.8. The van der Waals surface area contributed by atoms with Gasteiger partial charge in [0.25, 0.3) is 0 Å². The predicted octanol–water partition coefficient (Wildman–Crippen LogP) is 3.52. The molecule has 1 unspecified atom stereocenters. The van der Waals surface area contributed by atoms with Crippen molar-refractivity contribution in [2.24, 2.45) is 0 Å². The highest BCUT2D eigenvalue weighted by Crippen LogP contribution is 2.37. The van der Waals surface area contributed by atoms with E-state index in [1.165, 1.54) is 0 Å². The van der Waals surface area contributed by atoms with Crippen LogP contribution in [0.1, 0.15) is 22.6 Å². The molecule has 0 radical (unpaired) electrons. The number of hydrogen-bond donors (Lipinski definition) is 3. The van der Waals surface area contributed by atoms with E-state index in [4.69, 9.17) is 45.1 Å². The van der Waals surface area contributed by atoms with Crippen molar-refractivity contribution >= 4 is 40.8 Å². The minimum absolute atomic E-state index is 0.0221. The molecule has 11 heteroatoms. The quantitative estimate of drug-likeness (QED) is 0.365. The van der Waals surface area contributed by atoms with Crippen molar-refractivity contribution in [3.8, 4) is 5.75 Å². The summed E-state index contributed by atoms with van der Waals surface area (Å²) in [6, 6.07) is 12.0. The number of nitrogens with zero attached hydrogens (tertiary/aromatic N) is 3. The van der Waals surface area contributed by atoms with Gasteiger partial charge in [-0.25, -0.2) is 0 Å². The maximum absolute atomic E-state index is 11.4. The van der Waals surface area contributed by atoms with E-state index >= 15 is 0 Å². The third-order valence-electron chi connectivity index (χ3n) is 4.37. The Hall–Kier alpha value is -3.30. The van der Waals surface area contributed by atoms with E-state index in [2.05, 4.69) is 9.97 Å². The van der Waals surface area contributed by atoms with Crippen LogP contribution < -0.4 is 21.9 Å². The molecule has 0 bridgehead atoms. The molecule has 30 heavy (non-hydrogen) atoms. The molecule has 1 heterocycles. The van der Waals surface area contributed by atoms with Gasteiger partial charge in [0.15, 0.2) is 0 Å². The van der Waals surface area contributed by atoms with Gasteiger partial charge in [0.1, 0.15) is 24.0 Å². The second-order valence-electron chi connectivity index (χ2n) is 6.41. The molecule has 6 N–H and O–H groups in total. The summed E-state index contributed by atoms with van der Waals surface area (Å²) in [5.74, 6) is -0.577. The summed E-state index contributed by atoms with van der Waals surface area (Å²) in [6.07, 6.45) is 0. The number of rotatable bonds is 7. The highest BCUT2D eigenvalue weighted by Gasteiger charge is 2.29. The number of nitrogen functional groups attached to an aromatic ring is 3. The molecule has 3 aromatic rings. The zero-order chi connectivity index (χ0) is 21.8. The Balaban J connectivity index is 1.99. The lowest BCUT2D eigenvalue weighted by Gasteiger charge is -2.20. The van der Waals surface area contributed by atoms with Crippen molar-refractivity contribution in [1.29, 1.82) is 0 Å². The van der Waals surface area contributed by atoms with Gasteiger partial charge in [-0.05, 0) is 23.8 Å². The zero-order valence-corrected chi connectivity index (χ0v) is 17.1. The van der Waals surface area contributed by atoms with E-state index in [0.717, 1.165) is 5.56 Å². The summed E-state index contributed by atoms with van der Waals surface area (Å²) < 4.78 is 5.93. The van der Waals surface area contributed by atoms with Gasteiger partial charge in [-0.15, -0.1) is 0 Å². The lowest BCUT2D eigenvalue weighted by atomic mass is 9.91. The fraction of sp³-hybridized carbons (Fsp3) is 0.158. The van der Waals surface area contributed by atoms with Gasteiger partial charge in [-0.2, -0.15) is 9.97 Å². The summed E-state index contributed by atoms with van der Waals surface area (Å²) in [4.78, 5) is 18.7. The second-order valence-corrected chi connectivity index (χ2v) is 7.22. The lowest BCUT2D eigenvalue weighted by Crippen LogP contribution is -2.20. The van der Waals surface area contributed by atoms with Crippen molar-refractivity contribution in [3.05, 3.63) is 79.3 Å². The molecule has 0 aliphatic heterocycles. The third kappa shape index (κ3) is 4.81. The first-order valence-electron chi connectivity index (χ1n) is 8.72. The molecule has 9 nitrogen and oxygen atoms in total. The number of anilines is 3. The Bertz CT molecular complexity index is 1070. The maximum Gasteiger partial charge on any atom is 0.223 e. The minimum atomic E-state index is -0.842. The molecule has 0 saturated carbocycles. The van der Waals surface area contributed by atoms with Crippen LogP contribution in [0.2, 0.25) is 10.0 Å². The molecule has 0 spiro atoms. The maximum atomic E-state index is 11.4. The number of halogens is 2. The Morgan fingerprint density at radius 1 is 1.03 bits per heavy atom. The first-order chi connectivity index (χ1) is 14.3. The molecule has 0 saturated heterocycles. The van der Waals surface area contributed by atoms with Gasteiger partial charge in [-0.1, -0.05) is 47.5 Å². The van der Waals surface area contributed by atoms with Gasteiger partial charge in [0.2, 0.25) is 12.5 Å². The molecule has 156 valence electrons.